The van der Waals surface area contributed by atoms with Gasteiger partial charge in [-0.15, -0.1) is 11.3 Å². The molecule has 0 fully saturated rings. The molecule has 1 rings (SSSR count). The van der Waals surface area contributed by atoms with E-state index in [4.69, 9.17) is 0 Å². The molecule has 1 heterocycles. The third-order valence-electron chi connectivity index (χ3n) is 2.98. The fraction of sp³-hybridized carbons (Fsp3) is 0.643. The molecule has 0 radical (unpaired) electrons. The van der Waals surface area contributed by atoms with Crippen molar-refractivity contribution in [2.75, 3.05) is 13.6 Å². The van der Waals surface area contributed by atoms with Gasteiger partial charge in [0.15, 0.2) is 0 Å². The highest BCUT2D eigenvalue weighted by atomic mass is 32.1. The summed E-state index contributed by atoms with van der Waals surface area (Å²) >= 11 is 1.57. The summed E-state index contributed by atoms with van der Waals surface area (Å²) in [5.74, 6) is 0.0612. The summed E-state index contributed by atoms with van der Waals surface area (Å²) in [7, 11) is 1.79. The summed E-state index contributed by atoms with van der Waals surface area (Å²) in [4.78, 5) is 15.9. The van der Waals surface area contributed by atoms with Crippen LogP contribution in [0.5, 0.6) is 0 Å². The molecule has 1 atom stereocenters. The quantitative estimate of drug-likeness (QED) is 0.862. The van der Waals surface area contributed by atoms with Crippen molar-refractivity contribution >= 4 is 17.2 Å². The lowest BCUT2D eigenvalue weighted by molar-refractivity contribution is 0.0773. The molecule has 102 valence electrons. The standard InChI is InChI=1S/C14H23NO2S/c1-5-6-12-9-13(18-11(12)3)14(17)15(4)8-7-10(2)16/h9-10,16H,5-8H2,1-4H3. The Kier molecular flexibility index (Phi) is 5.82. The maximum Gasteiger partial charge on any atom is 0.263 e. The zero-order valence-corrected chi connectivity index (χ0v) is 12.5. The number of hydrogen-bond donors (Lipinski definition) is 1. The Morgan fingerprint density at radius 1 is 1.56 bits per heavy atom. The molecule has 0 spiro atoms. The van der Waals surface area contributed by atoms with Crippen LogP contribution < -0.4 is 0 Å². The summed E-state index contributed by atoms with van der Waals surface area (Å²) in [6.45, 7) is 6.55. The lowest BCUT2D eigenvalue weighted by Crippen LogP contribution is -2.28. The average Bonchev–Trinajstić information content (AvgIpc) is 2.67. The van der Waals surface area contributed by atoms with E-state index in [1.165, 1.54) is 10.4 Å². The van der Waals surface area contributed by atoms with Crippen LogP contribution in [0.15, 0.2) is 6.07 Å². The van der Waals surface area contributed by atoms with E-state index < -0.39 is 0 Å². The number of aliphatic hydroxyl groups excluding tert-OH is 1. The van der Waals surface area contributed by atoms with Gasteiger partial charge >= 0.3 is 0 Å². The van der Waals surface area contributed by atoms with E-state index in [1.807, 2.05) is 6.07 Å². The molecule has 1 aromatic heterocycles. The molecule has 0 aliphatic heterocycles. The first kappa shape index (κ1) is 15.2. The van der Waals surface area contributed by atoms with E-state index in [-0.39, 0.29) is 12.0 Å². The second-order valence-electron chi connectivity index (χ2n) is 4.81. The molecule has 0 bridgehead atoms. The van der Waals surface area contributed by atoms with Crippen LogP contribution in [-0.2, 0) is 6.42 Å². The molecule has 18 heavy (non-hydrogen) atoms. The monoisotopic (exact) mass is 269 g/mol. The van der Waals surface area contributed by atoms with E-state index in [0.717, 1.165) is 17.7 Å². The molecule has 4 heteroatoms. The van der Waals surface area contributed by atoms with Gasteiger partial charge in [-0.1, -0.05) is 13.3 Å². The van der Waals surface area contributed by atoms with Crippen LogP contribution >= 0.6 is 11.3 Å². The van der Waals surface area contributed by atoms with Crippen LogP contribution in [0, 0.1) is 6.92 Å². The van der Waals surface area contributed by atoms with Crippen molar-refractivity contribution in [3.05, 3.63) is 21.4 Å². The first-order chi connectivity index (χ1) is 8.45. The molecular weight excluding hydrogens is 246 g/mol. The minimum absolute atomic E-state index is 0.0612. The molecule has 0 saturated carbocycles. The van der Waals surface area contributed by atoms with Crippen molar-refractivity contribution in [2.24, 2.45) is 0 Å². The number of thiophene rings is 1. The maximum absolute atomic E-state index is 12.2. The van der Waals surface area contributed by atoms with Gasteiger partial charge in [0.25, 0.3) is 5.91 Å². The van der Waals surface area contributed by atoms with Gasteiger partial charge in [0.05, 0.1) is 11.0 Å². The largest absolute Gasteiger partial charge is 0.393 e. The van der Waals surface area contributed by atoms with Crippen molar-refractivity contribution < 1.29 is 9.90 Å². The molecule has 1 aromatic rings. The summed E-state index contributed by atoms with van der Waals surface area (Å²) in [6.07, 6.45) is 2.39. The van der Waals surface area contributed by atoms with Gasteiger partial charge in [0, 0.05) is 18.5 Å². The predicted molar refractivity (Wildman–Crippen MR) is 76.3 cm³/mol. The molecule has 1 N–H and O–H groups in total. The third-order valence-corrected chi connectivity index (χ3v) is 4.06. The Labute approximate surface area is 113 Å². The topological polar surface area (TPSA) is 40.5 Å². The maximum atomic E-state index is 12.2. The molecule has 1 unspecified atom stereocenters. The van der Waals surface area contributed by atoms with Crippen LogP contribution in [-0.4, -0.2) is 35.6 Å². The lowest BCUT2D eigenvalue weighted by Gasteiger charge is -2.16. The van der Waals surface area contributed by atoms with E-state index in [2.05, 4.69) is 13.8 Å². The van der Waals surface area contributed by atoms with Crippen LogP contribution in [0.3, 0.4) is 0 Å². The van der Waals surface area contributed by atoms with Crippen LogP contribution in [0.4, 0.5) is 0 Å². The van der Waals surface area contributed by atoms with Gasteiger partial charge < -0.3 is 10.0 Å². The van der Waals surface area contributed by atoms with Crippen molar-refractivity contribution in [2.45, 2.75) is 46.1 Å². The summed E-state index contributed by atoms with van der Waals surface area (Å²) in [5.41, 5.74) is 1.29. The number of carbonyl (C=O) groups is 1. The van der Waals surface area contributed by atoms with Gasteiger partial charge in [-0.3, -0.25) is 4.79 Å². The van der Waals surface area contributed by atoms with E-state index >= 15 is 0 Å². The molecule has 0 aliphatic rings. The van der Waals surface area contributed by atoms with Gasteiger partial charge in [-0.25, -0.2) is 0 Å². The van der Waals surface area contributed by atoms with Crippen LogP contribution in [0.25, 0.3) is 0 Å². The third kappa shape index (κ3) is 4.10. The Morgan fingerprint density at radius 3 is 2.78 bits per heavy atom. The van der Waals surface area contributed by atoms with Gasteiger partial charge in [0.2, 0.25) is 0 Å². The first-order valence-corrected chi connectivity index (χ1v) is 7.30. The van der Waals surface area contributed by atoms with Gasteiger partial charge in [-0.2, -0.15) is 0 Å². The molecular formula is C14H23NO2S. The van der Waals surface area contributed by atoms with E-state index in [9.17, 15) is 9.90 Å². The normalized spacial score (nSPS) is 12.5. The van der Waals surface area contributed by atoms with Crippen molar-refractivity contribution in [1.29, 1.82) is 0 Å². The number of carbonyl (C=O) groups excluding carboxylic acids is 1. The Bertz CT molecular complexity index is 398. The highest BCUT2D eigenvalue weighted by molar-refractivity contribution is 7.14. The molecule has 3 nitrogen and oxygen atoms in total. The summed E-state index contributed by atoms with van der Waals surface area (Å²) in [5, 5.41) is 9.24. The van der Waals surface area contributed by atoms with Gasteiger partial charge in [0.1, 0.15) is 0 Å². The number of aliphatic hydroxyl groups is 1. The Morgan fingerprint density at radius 2 is 2.22 bits per heavy atom. The first-order valence-electron chi connectivity index (χ1n) is 6.48. The lowest BCUT2D eigenvalue weighted by atomic mass is 10.1. The minimum Gasteiger partial charge on any atom is -0.393 e. The molecule has 0 aromatic carbocycles. The smallest absolute Gasteiger partial charge is 0.263 e. The van der Waals surface area contributed by atoms with Crippen molar-refractivity contribution in [3.8, 4) is 0 Å². The Balaban J connectivity index is 2.68. The molecule has 1 amide bonds. The van der Waals surface area contributed by atoms with Gasteiger partial charge in [-0.05, 0) is 38.3 Å². The highest BCUT2D eigenvalue weighted by Crippen LogP contribution is 2.24. The number of rotatable bonds is 6. The fourth-order valence-corrected chi connectivity index (χ4v) is 2.88. The average molecular weight is 269 g/mol. The second-order valence-corrected chi connectivity index (χ2v) is 6.06. The predicted octanol–water partition coefficient (Wildman–Crippen LogP) is 2.85. The second kappa shape index (κ2) is 6.90. The SMILES string of the molecule is CCCc1cc(C(=O)N(C)CCC(C)O)sc1C. The molecule has 0 aliphatic carbocycles. The number of nitrogens with zero attached hydrogens (tertiary/aromatic N) is 1. The molecule has 0 saturated heterocycles. The van der Waals surface area contributed by atoms with Crippen molar-refractivity contribution in [1.82, 2.24) is 4.90 Å². The fourth-order valence-electron chi connectivity index (χ4n) is 1.81. The number of hydrogen-bond acceptors (Lipinski definition) is 3. The number of amides is 1. The summed E-state index contributed by atoms with van der Waals surface area (Å²) in [6, 6.07) is 2.02. The van der Waals surface area contributed by atoms with Crippen molar-refractivity contribution in [3.63, 3.8) is 0 Å². The highest BCUT2D eigenvalue weighted by Gasteiger charge is 2.16. The number of aryl methyl sites for hydroxylation is 2. The van der Waals surface area contributed by atoms with E-state index in [0.29, 0.717) is 13.0 Å². The van der Waals surface area contributed by atoms with Crippen LogP contribution in [0.1, 0.15) is 46.8 Å². The zero-order valence-electron chi connectivity index (χ0n) is 11.7. The minimum atomic E-state index is -0.360. The summed E-state index contributed by atoms with van der Waals surface area (Å²) < 4.78 is 0. The van der Waals surface area contributed by atoms with E-state index in [1.54, 1.807) is 30.2 Å². The Hall–Kier alpha value is -0.870. The van der Waals surface area contributed by atoms with Crippen LogP contribution in [0.2, 0.25) is 0 Å². The zero-order chi connectivity index (χ0) is 13.7.